The van der Waals surface area contributed by atoms with Gasteiger partial charge in [-0.2, -0.15) is 13.2 Å². The molecular formula is C14H17F5O4Si. The van der Waals surface area contributed by atoms with Crippen molar-refractivity contribution in [1.29, 1.82) is 0 Å². The van der Waals surface area contributed by atoms with E-state index in [-0.39, 0.29) is 12.2 Å². The van der Waals surface area contributed by atoms with Crippen LogP contribution in [0.4, 0.5) is 22.0 Å². The average Bonchev–Trinajstić information content (AvgIpc) is 2.44. The minimum atomic E-state index is -4.00. The molecule has 1 rings (SSSR count). The van der Waals surface area contributed by atoms with Gasteiger partial charge in [-0.05, 0) is 39.8 Å². The number of benzene rings is 1. The average molecular weight is 372 g/mol. The molecule has 0 N–H and O–H groups in total. The molecule has 0 bridgehead atoms. The lowest BCUT2D eigenvalue weighted by molar-refractivity contribution is -0.281. The first kappa shape index (κ1) is 20.8. The van der Waals surface area contributed by atoms with Crippen molar-refractivity contribution in [1.82, 2.24) is 0 Å². The molecule has 0 saturated heterocycles. The summed E-state index contributed by atoms with van der Waals surface area (Å²) < 4.78 is 85.8. The lowest BCUT2D eigenvalue weighted by atomic mass is 10.3. The van der Waals surface area contributed by atoms with Crippen molar-refractivity contribution in [3.63, 3.8) is 0 Å². The van der Waals surface area contributed by atoms with Gasteiger partial charge in [-0.1, -0.05) is 0 Å². The number of hydrogen-bond donors (Lipinski definition) is 0. The first-order chi connectivity index (χ1) is 11.0. The Balaban J connectivity index is 2.72. The summed E-state index contributed by atoms with van der Waals surface area (Å²) in [5.41, 5.74) is -4.00. The molecule has 0 unspecified atom stereocenters. The summed E-state index contributed by atoms with van der Waals surface area (Å²) in [6.07, 6.45) is -0.728. The molecule has 0 fully saturated rings. The quantitative estimate of drug-likeness (QED) is 0.286. The van der Waals surface area contributed by atoms with Crippen LogP contribution in [0.3, 0.4) is 0 Å². The highest BCUT2D eigenvalue weighted by molar-refractivity contribution is 6.30. The third-order valence-corrected chi connectivity index (χ3v) is 2.93. The molecule has 0 heterocycles. The van der Waals surface area contributed by atoms with Crippen LogP contribution in [-0.2, 0) is 13.9 Å². The molecule has 4 nitrogen and oxygen atoms in total. The fraction of sp³-hybridized carbons (Fsp3) is 0.571. The van der Waals surface area contributed by atoms with Crippen LogP contribution >= 0.6 is 0 Å². The van der Waals surface area contributed by atoms with Crippen LogP contribution in [0, 0.1) is 17.5 Å². The fourth-order valence-electron chi connectivity index (χ4n) is 1.39. The lowest BCUT2D eigenvalue weighted by Crippen LogP contribution is -2.39. The van der Waals surface area contributed by atoms with Gasteiger partial charge in [-0.25, -0.2) is 8.78 Å². The van der Waals surface area contributed by atoms with Crippen molar-refractivity contribution >= 4 is 9.76 Å². The normalized spacial score (nSPS) is 12.5. The van der Waals surface area contributed by atoms with Gasteiger partial charge in [0.25, 0.3) is 6.48 Å². The van der Waals surface area contributed by atoms with Gasteiger partial charge in [-0.3, -0.25) is 0 Å². The highest BCUT2D eigenvalue weighted by Crippen LogP contribution is 2.27. The van der Waals surface area contributed by atoms with Crippen LogP contribution in [-0.4, -0.2) is 34.2 Å². The molecule has 0 amide bonds. The molecule has 0 aliphatic carbocycles. The highest BCUT2D eigenvalue weighted by Gasteiger charge is 2.38. The summed E-state index contributed by atoms with van der Waals surface area (Å²) in [5.74, 6) is -6.41. The van der Waals surface area contributed by atoms with Gasteiger partial charge in [0.2, 0.25) is 5.82 Å². The van der Waals surface area contributed by atoms with Crippen molar-refractivity contribution < 1.29 is 40.6 Å². The van der Waals surface area contributed by atoms with E-state index in [9.17, 15) is 22.0 Å². The third-order valence-electron chi connectivity index (χ3n) is 2.28. The first-order valence-electron chi connectivity index (χ1n) is 6.96. The molecular weight excluding hydrogens is 355 g/mol. The molecule has 10 heteroatoms. The second-order valence-electron chi connectivity index (χ2n) is 5.17. The third kappa shape index (κ3) is 6.71. The maximum atomic E-state index is 13.7. The Labute approximate surface area is 138 Å². The smallest absolute Gasteiger partial charge is 0.395 e. The second-order valence-corrected chi connectivity index (χ2v) is 6.19. The summed E-state index contributed by atoms with van der Waals surface area (Å²) >= 11 is 0. The molecule has 136 valence electrons. The van der Waals surface area contributed by atoms with Gasteiger partial charge in [0.05, 0.1) is 12.2 Å². The van der Waals surface area contributed by atoms with Crippen molar-refractivity contribution in [3.8, 4) is 5.75 Å². The summed E-state index contributed by atoms with van der Waals surface area (Å²) in [7, 11) is -1.63. The van der Waals surface area contributed by atoms with Crippen molar-refractivity contribution in [2.24, 2.45) is 0 Å². The van der Waals surface area contributed by atoms with Crippen LogP contribution in [0.25, 0.3) is 0 Å². The SMILES string of the molecule is CC(C)OC(O[Si]C(F)(F)Oc1ccc(F)c(F)c1F)OC(C)C. The number of alkyl halides is 2. The van der Waals surface area contributed by atoms with Crippen LogP contribution < -0.4 is 4.74 Å². The van der Waals surface area contributed by atoms with Crippen molar-refractivity contribution in [2.45, 2.75) is 52.1 Å². The first-order valence-corrected chi connectivity index (χ1v) is 7.86. The van der Waals surface area contributed by atoms with Crippen molar-refractivity contribution in [2.75, 3.05) is 0 Å². The largest absolute Gasteiger partial charge is 0.432 e. The zero-order valence-corrected chi connectivity index (χ0v) is 14.4. The van der Waals surface area contributed by atoms with Crippen LogP contribution in [0.2, 0.25) is 0 Å². The van der Waals surface area contributed by atoms with E-state index in [2.05, 4.69) is 4.74 Å². The maximum absolute atomic E-state index is 13.7. The molecule has 0 saturated carbocycles. The Kier molecular flexibility index (Phi) is 7.58. The van der Waals surface area contributed by atoms with E-state index < -0.39 is 45.2 Å². The Bertz CT molecular complexity index is 532. The van der Waals surface area contributed by atoms with Crippen molar-refractivity contribution in [3.05, 3.63) is 29.6 Å². The molecule has 2 radical (unpaired) electrons. The zero-order chi connectivity index (χ0) is 18.5. The molecule has 24 heavy (non-hydrogen) atoms. The number of halogens is 5. The Morgan fingerprint density at radius 3 is 1.96 bits per heavy atom. The monoisotopic (exact) mass is 372 g/mol. The van der Waals surface area contributed by atoms with E-state index in [1.54, 1.807) is 27.7 Å². The van der Waals surface area contributed by atoms with Gasteiger partial charge in [-0.15, -0.1) is 0 Å². The Morgan fingerprint density at radius 1 is 0.917 bits per heavy atom. The number of ether oxygens (including phenoxy) is 3. The molecule has 0 aliphatic heterocycles. The van der Waals surface area contributed by atoms with E-state index in [0.717, 1.165) is 0 Å². The van der Waals surface area contributed by atoms with Gasteiger partial charge >= 0.3 is 15.5 Å². The molecule has 0 aliphatic rings. The van der Waals surface area contributed by atoms with Gasteiger partial charge in [0.15, 0.2) is 17.4 Å². The van der Waals surface area contributed by atoms with Crippen LogP contribution in [0.5, 0.6) is 5.75 Å². The van der Waals surface area contributed by atoms with E-state index in [1.807, 2.05) is 0 Å². The standard InChI is InChI=1S/C14H17F5O4Si/c1-7(2)20-13(21-8(3)4)23-24-14(18,19)22-10-6-5-9(15)11(16)12(10)17/h5-8,13H,1-4H3. The molecule has 0 spiro atoms. The zero-order valence-electron chi connectivity index (χ0n) is 13.4. The fourth-order valence-corrected chi connectivity index (χ4v) is 1.89. The minimum Gasteiger partial charge on any atom is -0.432 e. The van der Waals surface area contributed by atoms with E-state index in [4.69, 9.17) is 13.9 Å². The van der Waals surface area contributed by atoms with Gasteiger partial charge in [0.1, 0.15) is 0 Å². The summed E-state index contributed by atoms with van der Waals surface area (Å²) in [4.78, 5) is 0. The lowest BCUT2D eigenvalue weighted by Gasteiger charge is -2.24. The topological polar surface area (TPSA) is 36.9 Å². The molecule has 1 aromatic carbocycles. The van der Waals surface area contributed by atoms with E-state index in [0.29, 0.717) is 12.1 Å². The van der Waals surface area contributed by atoms with Gasteiger partial charge < -0.3 is 18.6 Å². The number of rotatable bonds is 9. The second kappa shape index (κ2) is 8.74. The summed E-state index contributed by atoms with van der Waals surface area (Å²) in [6, 6.07) is 1.03. The summed E-state index contributed by atoms with van der Waals surface area (Å²) in [6.45, 7) is 5.21. The van der Waals surface area contributed by atoms with E-state index in [1.165, 1.54) is 0 Å². The summed E-state index contributed by atoms with van der Waals surface area (Å²) in [5, 5.41) is 0. The molecule has 0 atom stereocenters. The predicted octanol–water partition coefficient (Wildman–Crippen LogP) is 3.80. The Hall–Kier alpha value is -1.23. The minimum absolute atomic E-state index is 0.364. The van der Waals surface area contributed by atoms with Crippen LogP contribution in [0.1, 0.15) is 27.7 Å². The van der Waals surface area contributed by atoms with Crippen LogP contribution in [0.15, 0.2) is 12.1 Å². The van der Waals surface area contributed by atoms with Gasteiger partial charge in [0, 0.05) is 0 Å². The predicted molar refractivity (Wildman–Crippen MR) is 75.0 cm³/mol. The molecule has 1 aromatic rings. The highest BCUT2D eigenvalue weighted by atomic mass is 28.2. The maximum Gasteiger partial charge on any atom is 0.395 e. The Morgan fingerprint density at radius 2 is 1.46 bits per heavy atom. The molecule has 0 aromatic heterocycles. The number of hydrogen-bond acceptors (Lipinski definition) is 4. The van der Waals surface area contributed by atoms with E-state index >= 15 is 0 Å².